The number of nitrogens with zero attached hydrogens (tertiary/aromatic N) is 1. The summed E-state index contributed by atoms with van der Waals surface area (Å²) in [5.74, 6) is 0.866. The first-order valence-corrected chi connectivity index (χ1v) is 8.78. The minimum atomic E-state index is -0.0363. The van der Waals surface area contributed by atoms with E-state index in [1.165, 1.54) is 29.7 Å². The summed E-state index contributed by atoms with van der Waals surface area (Å²) >= 11 is 2.00. The van der Waals surface area contributed by atoms with E-state index in [-0.39, 0.29) is 5.41 Å². The monoisotopic (exact) mass is 285 g/mol. The highest BCUT2D eigenvalue weighted by Gasteiger charge is 2.38. The van der Waals surface area contributed by atoms with Gasteiger partial charge in [-0.25, -0.2) is 0 Å². The molecule has 1 aliphatic carbocycles. The smallest absolute Gasteiger partial charge is 0.0690 e. The molecule has 0 amide bonds. The average Bonchev–Trinajstić information content (AvgIpc) is 2.90. The van der Waals surface area contributed by atoms with E-state index in [0.29, 0.717) is 5.25 Å². The summed E-state index contributed by atoms with van der Waals surface area (Å²) in [6.45, 7) is 2.29. The molecule has 1 saturated carbocycles. The third kappa shape index (κ3) is 2.74. The molecule has 3 rings (SSSR count). The molecule has 1 atom stereocenters. The van der Waals surface area contributed by atoms with Crippen molar-refractivity contribution in [2.45, 2.75) is 62.0 Å². The summed E-state index contributed by atoms with van der Waals surface area (Å²) in [4.78, 5) is 1.44. The van der Waals surface area contributed by atoms with Gasteiger partial charge in [0.1, 0.15) is 0 Å². The summed E-state index contributed by atoms with van der Waals surface area (Å²) < 4.78 is 0. The third-order valence-corrected chi connectivity index (χ3v) is 6.53. The Morgan fingerprint density at radius 2 is 2.05 bits per heavy atom. The fourth-order valence-corrected chi connectivity index (χ4v) is 5.29. The SMILES string of the molecule is CCC1CCC(C#N)(CC2Cc3ccccc3S2)CC1. The van der Waals surface area contributed by atoms with Crippen LogP contribution in [0.1, 0.15) is 51.0 Å². The summed E-state index contributed by atoms with van der Waals surface area (Å²) in [7, 11) is 0. The fraction of sp³-hybridized carbons (Fsp3) is 0.611. The first kappa shape index (κ1) is 14.0. The van der Waals surface area contributed by atoms with Crippen molar-refractivity contribution in [3.63, 3.8) is 0 Å². The molecule has 2 heteroatoms. The van der Waals surface area contributed by atoms with Gasteiger partial charge in [-0.3, -0.25) is 0 Å². The van der Waals surface area contributed by atoms with E-state index in [0.717, 1.165) is 31.6 Å². The fourth-order valence-electron chi connectivity index (χ4n) is 3.80. The molecular weight excluding hydrogens is 262 g/mol. The van der Waals surface area contributed by atoms with Crippen molar-refractivity contribution < 1.29 is 0 Å². The van der Waals surface area contributed by atoms with Crippen LogP contribution in [-0.4, -0.2) is 5.25 Å². The molecule has 0 N–H and O–H groups in total. The summed E-state index contributed by atoms with van der Waals surface area (Å²) in [6, 6.07) is 11.4. The molecule has 20 heavy (non-hydrogen) atoms. The van der Waals surface area contributed by atoms with Crippen LogP contribution in [-0.2, 0) is 6.42 Å². The van der Waals surface area contributed by atoms with Crippen LogP contribution < -0.4 is 0 Å². The lowest BCUT2D eigenvalue weighted by atomic mass is 9.68. The highest BCUT2D eigenvalue weighted by atomic mass is 32.2. The van der Waals surface area contributed by atoms with E-state index in [2.05, 4.69) is 37.3 Å². The van der Waals surface area contributed by atoms with Crippen LogP contribution in [0.2, 0.25) is 0 Å². The lowest BCUT2D eigenvalue weighted by Gasteiger charge is -2.36. The second-order valence-electron chi connectivity index (χ2n) is 6.50. The van der Waals surface area contributed by atoms with E-state index >= 15 is 0 Å². The predicted octanol–water partition coefficient (Wildman–Crippen LogP) is 5.20. The maximum absolute atomic E-state index is 9.72. The Labute approximate surface area is 126 Å². The lowest BCUT2D eigenvalue weighted by molar-refractivity contribution is 0.193. The molecule has 1 aromatic carbocycles. The lowest BCUT2D eigenvalue weighted by Crippen LogP contribution is -2.29. The van der Waals surface area contributed by atoms with E-state index in [1.807, 2.05) is 11.8 Å². The molecule has 1 nitrogen and oxygen atoms in total. The first-order valence-electron chi connectivity index (χ1n) is 7.90. The molecular formula is C18H23NS. The molecule has 1 aromatic rings. The molecule has 0 radical (unpaired) electrons. The number of benzene rings is 1. The number of rotatable bonds is 3. The van der Waals surface area contributed by atoms with Crippen molar-refractivity contribution in [1.29, 1.82) is 5.26 Å². The van der Waals surface area contributed by atoms with Crippen molar-refractivity contribution in [3.8, 4) is 6.07 Å². The highest BCUT2D eigenvalue weighted by Crippen LogP contribution is 2.48. The Bertz CT molecular complexity index is 483. The maximum Gasteiger partial charge on any atom is 0.0690 e. The molecule has 0 saturated heterocycles. The van der Waals surface area contributed by atoms with E-state index in [9.17, 15) is 5.26 Å². The summed E-state index contributed by atoms with van der Waals surface area (Å²) in [5, 5.41) is 10.3. The van der Waals surface area contributed by atoms with Crippen molar-refractivity contribution >= 4 is 11.8 Å². The number of nitriles is 1. The molecule has 1 fully saturated rings. The zero-order valence-corrected chi connectivity index (χ0v) is 13.1. The van der Waals surface area contributed by atoms with Gasteiger partial charge >= 0.3 is 0 Å². The van der Waals surface area contributed by atoms with Gasteiger partial charge in [0.05, 0.1) is 11.5 Å². The van der Waals surface area contributed by atoms with Gasteiger partial charge in [0, 0.05) is 10.1 Å². The number of hydrogen-bond donors (Lipinski definition) is 0. The zero-order valence-electron chi connectivity index (χ0n) is 12.3. The Kier molecular flexibility index (Phi) is 4.08. The van der Waals surface area contributed by atoms with Crippen molar-refractivity contribution in [3.05, 3.63) is 29.8 Å². The van der Waals surface area contributed by atoms with Crippen LogP contribution in [0.4, 0.5) is 0 Å². The normalized spacial score (nSPS) is 32.6. The molecule has 1 unspecified atom stereocenters. The molecule has 0 spiro atoms. The predicted molar refractivity (Wildman–Crippen MR) is 84.7 cm³/mol. The van der Waals surface area contributed by atoms with E-state index in [1.54, 1.807) is 0 Å². The molecule has 2 aliphatic rings. The molecule has 1 heterocycles. The van der Waals surface area contributed by atoms with Crippen molar-refractivity contribution in [2.24, 2.45) is 11.3 Å². The standard InChI is InChI=1S/C18H23NS/c1-2-14-7-9-18(13-19,10-8-14)12-16-11-15-5-3-4-6-17(15)20-16/h3-6,14,16H,2,7-12H2,1H3. The third-order valence-electron chi connectivity index (χ3n) is 5.21. The topological polar surface area (TPSA) is 23.8 Å². The van der Waals surface area contributed by atoms with Crippen LogP contribution in [0, 0.1) is 22.7 Å². The number of hydrogen-bond acceptors (Lipinski definition) is 2. The second kappa shape index (κ2) is 5.82. The van der Waals surface area contributed by atoms with Crippen LogP contribution in [0.3, 0.4) is 0 Å². The van der Waals surface area contributed by atoms with Gasteiger partial charge in [0.2, 0.25) is 0 Å². The molecule has 0 aromatic heterocycles. The van der Waals surface area contributed by atoms with Gasteiger partial charge in [-0.05, 0) is 56.1 Å². The number of fused-ring (bicyclic) bond motifs is 1. The van der Waals surface area contributed by atoms with Crippen LogP contribution >= 0.6 is 11.8 Å². The Balaban J connectivity index is 1.65. The maximum atomic E-state index is 9.72. The minimum absolute atomic E-state index is 0.0363. The second-order valence-corrected chi connectivity index (χ2v) is 7.84. The quantitative estimate of drug-likeness (QED) is 0.761. The highest BCUT2D eigenvalue weighted by molar-refractivity contribution is 8.00. The number of thioether (sulfide) groups is 1. The molecule has 106 valence electrons. The largest absolute Gasteiger partial charge is 0.198 e. The van der Waals surface area contributed by atoms with Crippen molar-refractivity contribution in [1.82, 2.24) is 0 Å². The van der Waals surface area contributed by atoms with Gasteiger partial charge in [-0.1, -0.05) is 31.5 Å². The van der Waals surface area contributed by atoms with Gasteiger partial charge in [-0.15, -0.1) is 11.8 Å². The van der Waals surface area contributed by atoms with E-state index < -0.39 is 0 Å². The van der Waals surface area contributed by atoms with Crippen LogP contribution in [0.25, 0.3) is 0 Å². The van der Waals surface area contributed by atoms with Gasteiger partial charge in [-0.2, -0.15) is 5.26 Å². The average molecular weight is 285 g/mol. The van der Waals surface area contributed by atoms with Crippen LogP contribution in [0.15, 0.2) is 29.2 Å². The van der Waals surface area contributed by atoms with Gasteiger partial charge in [0.25, 0.3) is 0 Å². The van der Waals surface area contributed by atoms with Crippen molar-refractivity contribution in [2.75, 3.05) is 0 Å². The first-order chi connectivity index (χ1) is 9.74. The summed E-state index contributed by atoms with van der Waals surface area (Å²) in [6.07, 6.45) is 8.28. The minimum Gasteiger partial charge on any atom is -0.198 e. The van der Waals surface area contributed by atoms with Gasteiger partial charge in [0.15, 0.2) is 0 Å². The zero-order chi connectivity index (χ0) is 14.0. The molecule has 0 bridgehead atoms. The van der Waals surface area contributed by atoms with Gasteiger partial charge < -0.3 is 0 Å². The summed E-state index contributed by atoms with van der Waals surface area (Å²) in [5.41, 5.74) is 1.45. The Hall–Kier alpha value is -0.940. The molecule has 1 aliphatic heterocycles. The van der Waals surface area contributed by atoms with E-state index in [4.69, 9.17) is 0 Å². The Morgan fingerprint density at radius 1 is 1.30 bits per heavy atom. The van der Waals surface area contributed by atoms with Crippen LogP contribution in [0.5, 0.6) is 0 Å². The Morgan fingerprint density at radius 3 is 2.70 bits per heavy atom.